The Bertz CT molecular complexity index is 486. The van der Waals surface area contributed by atoms with E-state index < -0.39 is 0 Å². The van der Waals surface area contributed by atoms with Crippen molar-refractivity contribution in [2.75, 3.05) is 0 Å². The van der Waals surface area contributed by atoms with Crippen LogP contribution in [0, 0.1) is 0 Å². The lowest BCUT2D eigenvalue weighted by molar-refractivity contribution is 0.470. The second-order valence-corrected chi connectivity index (χ2v) is 3.95. The van der Waals surface area contributed by atoms with Crippen LogP contribution >= 0.6 is 0 Å². The summed E-state index contributed by atoms with van der Waals surface area (Å²) in [7, 11) is 0. The summed E-state index contributed by atoms with van der Waals surface area (Å²) < 4.78 is 1.74. The molecule has 1 saturated carbocycles. The maximum Gasteiger partial charge on any atom is 0.141 e. The van der Waals surface area contributed by atoms with Gasteiger partial charge in [-0.3, -0.25) is 0 Å². The van der Waals surface area contributed by atoms with Crippen molar-refractivity contribution in [1.82, 2.24) is 9.78 Å². The summed E-state index contributed by atoms with van der Waals surface area (Å²) in [4.78, 5) is 0. The Morgan fingerprint density at radius 2 is 2.00 bits per heavy atom. The highest BCUT2D eigenvalue weighted by molar-refractivity contribution is 5.44. The first-order valence-corrected chi connectivity index (χ1v) is 5.18. The molecule has 1 N–H and O–H groups in total. The van der Waals surface area contributed by atoms with Gasteiger partial charge in [0.2, 0.25) is 0 Å². The third-order valence-corrected chi connectivity index (χ3v) is 2.73. The Kier molecular flexibility index (Phi) is 1.78. The number of benzene rings is 1. The number of hydrogen-bond acceptors (Lipinski definition) is 2. The molecule has 0 saturated heterocycles. The quantitative estimate of drug-likeness (QED) is 0.808. The minimum absolute atomic E-state index is 0.267. The first kappa shape index (κ1) is 8.53. The van der Waals surface area contributed by atoms with E-state index >= 15 is 0 Å². The molecule has 76 valence electrons. The minimum Gasteiger partial charge on any atom is -0.506 e. The van der Waals surface area contributed by atoms with E-state index in [1.165, 1.54) is 12.8 Å². The van der Waals surface area contributed by atoms with Gasteiger partial charge in [0.1, 0.15) is 11.4 Å². The molecule has 0 unspecified atom stereocenters. The number of phenols is 1. The van der Waals surface area contributed by atoms with Gasteiger partial charge in [-0.15, -0.1) is 0 Å². The predicted molar refractivity (Wildman–Crippen MR) is 57.2 cm³/mol. The summed E-state index contributed by atoms with van der Waals surface area (Å²) >= 11 is 0. The molecule has 0 radical (unpaired) electrons. The summed E-state index contributed by atoms with van der Waals surface area (Å²) in [6, 6.07) is 9.27. The highest BCUT2D eigenvalue weighted by Gasteiger charge is 2.25. The van der Waals surface area contributed by atoms with Crippen molar-refractivity contribution in [2.45, 2.75) is 18.8 Å². The Labute approximate surface area is 88.0 Å². The molecule has 3 heteroatoms. The van der Waals surface area contributed by atoms with Crippen molar-refractivity contribution in [3.05, 3.63) is 42.2 Å². The summed E-state index contributed by atoms with van der Waals surface area (Å²) in [6.45, 7) is 0. The Morgan fingerprint density at radius 1 is 1.20 bits per heavy atom. The van der Waals surface area contributed by atoms with Crippen molar-refractivity contribution >= 4 is 0 Å². The fraction of sp³-hybridized carbons (Fsp3) is 0.250. The lowest BCUT2D eigenvalue weighted by atomic mass is 10.3. The first-order chi connectivity index (χ1) is 7.34. The van der Waals surface area contributed by atoms with E-state index in [1.54, 1.807) is 10.7 Å². The maximum atomic E-state index is 9.67. The Hall–Kier alpha value is -1.77. The van der Waals surface area contributed by atoms with Crippen molar-refractivity contribution in [2.24, 2.45) is 0 Å². The van der Waals surface area contributed by atoms with Crippen molar-refractivity contribution < 1.29 is 5.11 Å². The number of phenolic OH excluding ortho intramolecular Hbond substituents is 1. The molecule has 0 amide bonds. The third kappa shape index (κ3) is 1.50. The monoisotopic (exact) mass is 200 g/mol. The molecule has 0 bridgehead atoms. The van der Waals surface area contributed by atoms with Crippen molar-refractivity contribution in [3.8, 4) is 11.4 Å². The lowest BCUT2D eigenvalue weighted by Gasteiger charge is -2.03. The average Bonchev–Trinajstić information content (AvgIpc) is 2.99. The van der Waals surface area contributed by atoms with Crippen LogP contribution in [0.2, 0.25) is 0 Å². The van der Waals surface area contributed by atoms with E-state index in [4.69, 9.17) is 0 Å². The van der Waals surface area contributed by atoms with Gasteiger partial charge < -0.3 is 5.11 Å². The van der Waals surface area contributed by atoms with Crippen LogP contribution in [0.15, 0.2) is 36.5 Å². The van der Waals surface area contributed by atoms with E-state index in [-0.39, 0.29) is 5.75 Å². The van der Waals surface area contributed by atoms with Crippen LogP contribution in [0.5, 0.6) is 5.75 Å². The molecule has 0 atom stereocenters. The summed E-state index contributed by atoms with van der Waals surface area (Å²) in [5, 5.41) is 14.1. The lowest BCUT2D eigenvalue weighted by Crippen LogP contribution is -1.95. The fourth-order valence-electron chi connectivity index (χ4n) is 1.73. The molecule has 1 heterocycles. The van der Waals surface area contributed by atoms with Gasteiger partial charge >= 0.3 is 0 Å². The molecule has 0 spiro atoms. The van der Waals surface area contributed by atoms with Gasteiger partial charge in [-0.2, -0.15) is 5.10 Å². The maximum absolute atomic E-state index is 9.67. The SMILES string of the molecule is Oc1ccccc1-n1ccc(C2CC2)n1. The predicted octanol–water partition coefficient (Wildman–Crippen LogP) is 2.46. The van der Waals surface area contributed by atoms with Gasteiger partial charge in [-0.25, -0.2) is 4.68 Å². The van der Waals surface area contributed by atoms with Crippen LogP contribution in [0.4, 0.5) is 0 Å². The van der Waals surface area contributed by atoms with Crippen LogP contribution < -0.4 is 0 Å². The second-order valence-electron chi connectivity index (χ2n) is 3.95. The van der Waals surface area contributed by atoms with Crippen molar-refractivity contribution in [3.63, 3.8) is 0 Å². The fourth-order valence-corrected chi connectivity index (χ4v) is 1.73. The van der Waals surface area contributed by atoms with Gasteiger partial charge in [0.25, 0.3) is 0 Å². The molecule has 3 nitrogen and oxygen atoms in total. The molecular weight excluding hydrogens is 188 g/mol. The average molecular weight is 200 g/mol. The number of para-hydroxylation sites is 2. The van der Waals surface area contributed by atoms with E-state index in [9.17, 15) is 5.11 Å². The van der Waals surface area contributed by atoms with Crippen LogP contribution in [0.1, 0.15) is 24.5 Å². The first-order valence-electron chi connectivity index (χ1n) is 5.18. The molecule has 1 aromatic heterocycles. The third-order valence-electron chi connectivity index (χ3n) is 2.73. The molecule has 15 heavy (non-hydrogen) atoms. The topological polar surface area (TPSA) is 38.0 Å². The van der Waals surface area contributed by atoms with Crippen LogP contribution in [0.25, 0.3) is 5.69 Å². The standard InChI is InChI=1S/C12H12N2O/c15-12-4-2-1-3-11(12)14-8-7-10(13-14)9-5-6-9/h1-4,7-9,15H,5-6H2. The minimum atomic E-state index is 0.267. The van der Waals surface area contributed by atoms with E-state index in [1.807, 2.05) is 30.5 Å². The van der Waals surface area contributed by atoms with Gasteiger partial charge in [0, 0.05) is 12.1 Å². The highest BCUT2D eigenvalue weighted by atomic mass is 16.3. The number of aromatic nitrogens is 2. The number of nitrogens with zero attached hydrogens (tertiary/aromatic N) is 2. The highest BCUT2D eigenvalue weighted by Crippen LogP contribution is 2.39. The second kappa shape index (κ2) is 3.12. The van der Waals surface area contributed by atoms with E-state index in [0.717, 1.165) is 11.4 Å². The van der Waals surface area contributed by atoms with Crippen LogP contribution in [0.3, 0.4) is 0 Å². The van der Waals surface area contributed by atoms with Crippen molar-refractivity contribution in [1.29, 1.82) is 0 Å². The number of rotatable bonds is 2. The summed E-state index contributed by atoms with van der Waals surface area (Å²) in [5.41, 5.74) is 1.88. The zero-order chi connectivity index (χ0) is 10.3. The zero-order valence-electron chi connectivity index (χ0n) is 8.30. The normalized spacial score (nSPS) is 15.5. The van der Waals surface area contributed by atoms with Gasteiger partial charge in [-0.05, 0) is 31.0 Å². The number of aromatic hydroxyl groups is 1. The molecule has 1 aromatic carbocycles. The van der Waals surface area contributed by atoms with Crippen LogP contribution in [-0.2, 0) is 0 Å². The van der Waals surface area contributed by atoms with Gasteiger partial charge in [-0.1, -0.05) is 12.1 Å². The zero-order valence-corrected chi connectivity index (χ0v) is 8.30. The molecule has 1 fully saturated rings. The molecule has 0 aliphatic heterocycles. The number of hydrogen-bond donors (Lipinski definition) is 1. The Balaban J connectivity index is 2.01. The molecule has 1 aliphatic carbocycles. The summed E-state index contributed by atoms with van der Waals surface area (Å²) in [5.74, 6) is 0.917. The van der Waals surface area contributed by atoms with E-state index in [2.05, 4.69) is 5.10 Å². The van der Waals surface area contributed by atoms with Gasteiger partial charge in [0.05, 0.1) is 5.69 Å². The van der Waals surface area contributed by atoms with E-state index in [0.29, 0.717) is 5.92 Å². The molecule has 1 aliphatic rings. The molecule has 3 rings (SSSR count). The molecule has 2 aromatic rings. The largest absolute Gasteiger partial charge is 0.506 e. The summed E-state index contributed by atoms with van der Waals surface area (Å²) in [6.07, 6.45) is 4.40. The smallest absolute Gasteiger partial charge is 0.141 e. The molecular formula is C12H12N2O. The Morgan fingerprint density at radius 3 is 2.73 bits per heavy atom. The van der Waals surface area contributed by atoms with Gasteiger partial charge in [0.15, 0.2) is 0 Å². The van der Waals surface area contributed by atoms with Crippen LogP contribution in [-0.4, -0.2) is 14.9 Å².